The smallest absolute Gasteiger partial charge is 0.259 e. The van der Waals surface area contributed by atoms with E-state index in [9.17, 15) is 17.8 Å². The number of carbonyl (C=O) groups is 1. The van der Waals surface area contributed by atoms with Crippen molar-refractivity contribution in [3.8, 4) is 0 Å². The second-order valence-electron chi connectivity index (χ2n) is 5.23. The van der Waals surface area contributed by atoms with E-state index in [2.05, 4.69) is 4.72 Å². The van der Waals surface area contributed by atoms with E-state index in [1.54, 1.807) is 13.1 Å². The topological polar surface area (TPSA) is 69.6 Å². The number of hydrogen-bond donors (Lipinski definition) is 2. The number of benzene rings is 2. The van der Waals surface area contributed by atoms with Gasteiger partial charge in [-0.1, -0.05) is 0 Å². The molecule has 0 spiro atoms. The van der Waals surface area contributed by atoms with Crippen LogP contribution in [-0.2, 0) is 17.8 Å². The first-order valence-electron chi connectivity index (χ1n) is 6.95. The van der Waals surface area contributed by atoms with Crippen molar-refractivity contribution in [3.05, 3.63) is 59.2 Å². The quantitative estimate of drug-likeness (QED) is 0.617. The van der Waals surface area contributed by atoms with Crippen LogP contribution in [0.15, 0.2) is 36.4 Å². The summed E-state index contributed by atoms with van der Waals surface area (Å²) in [4.78, 5) is 13.0. The molecule has 0 heterocycles. The van der Waals surface area contributed by atoms with E-state index in [1.807, 2.05) is 0 Å². The maximum Gasteiger partial charge on any atom is 0.259 e. The average molecular weight is 354 g/mol. The Morgan fingerprint density at radius 3 is 2.54 bits per heavy atom. The lowest BCUT2D eigenvalue weighted by molar-refractivity contribution is 0.101. The summed E-state index contributed by atoms with van der Waals surface area (Å²) in [6.07, 6.45) is 0. The zero-order valence-corrected chi connectivity index (χ0v) is 13.9. The molecule has 0 radical (unpaired) electrons. The van der Waals surface area contributed by atoms with Crippen LogP contribution in [0.2, 0.25) is 0 Å². The minimum atomic E-state index is -2.29. The number of rotatable bonds is 6. The molecule has 1 atom stereocenters. The van der Waals surface area contributed by atoms with E-state index in [0.717, 1.165) is 12.1 Å². The molecule has 5 nitrogen and oxygen atoms in total. The summed E-state index contributed by atoms with van der Waals surface area (Å²) in [6, 6.07) is 7.82. The fraction of sp³-hybridized carbons (Fsp3) is 0.188. The standard InChI is InChI=1S/C16H16F2N2O3S/c1-10(21)11-3-5-15(19-24(22)23)12(7-11)9-20(2)16-6-4-13(17)8-14(16)18/h3-8,19H,9H2,1-2H3,(H,22,23). The Morgan fingerprint density at radius 1 is 1.25 bits per heavy atom. The molecule has 0 aliphatic heterocycles. The molecule has 0 bridgehead atoms. The highest BCUT2D eigenvalue weighted by Crippen LogP contribution is 2.25. The summed E-state index contributed by atoms with van der Waals surface area (Å²) in [5.74, 6) is -1.56. The Balaban J connectivity index is 2.36. The van der Waals surface area contributed by atoms with Crippen LogP contribution in [0.5, 0.6) is 0 Å². The molecule has 24 heavy (non-hydrogen) atoms. The highest BCUT2D eigenvalue weighted by Gasteiger charge is 2.14. The number of carbonyl (C=O) groups excluding carboxylic acids is 1. The SMILES string of the molecule is CC(=O)c1ccc(NS(=O)O)c(CN(C)c2ccc(F)cc2F)c1. The number of nitrogens with one attached hydrogen (secondary N) is 1. The Kier molecular flexibility index (Phi) is 5.63. The third-order valence-corrected chi connectivity index (χ3v) is 3.83. The van der Waals surface area contributed by atoms with E-state index in [1.165, 1.54) is 30.0 Å². The number of hydrogen-bond acceptors (Lipinski definition) is 3. The zero-order chi connectivity index (χ0) is 17.9. The second kappa shape index (κ2) is 7.50. The van der Waals surface area contributed by atoms with Gasteiger partial charge in [-0.3, -0.25) is 14.1 Å². The van der Waals surface area contributed by atoms with Gasteiger partial charge in [0, 0.05) is 25.2 Å². The molecule has 0 fully saturated rings. The van der Waals surface area contributed by atoms with Gasteiger partial charge in [0.15, 0.2) is 5.78 Å². The van der Waals surface area contributed by atoms with E-state index >= 15 is 0 Å². The molecule has 0 aliphatic rings. The van der Waals surface area contributed by atoms with Gasteiger partial charge >= 0.3 is 0 Å². The molecule has 1 unspecified atom stereocenters. The number of anilines is 2. The van der Waals surface area contributed by atoms with Gasteiger partial charge in [0.2, 0.25) is 0 Å². The predicted octanol–water partition coefficient (Wildman–Crippen LogP) is 3.35. The van der Waals surface area contributed by atoms with Crippen LogP contribution in [0.1, 0.15) is 22.8 Å². The molecule has 128 valence electrons. The van der Waals surface area contributed by atoms with Crippen LogP contribution in [-0.4, -0.2) is 21.6 Å². The summed E-state index contributed by atoms with van der Waals surface area (Å²) in [5, 5.41) is 0. The highest BCUT2D eigenvalue weighted by atomic mass is 32.2. The number of ketones is 1. The molecule has 2 N–H and O–H groups in total. The molecule has 2 rings (SSSR count). The van der Waals surface area contributed by atoms with E-state index in [4.69, 9.17) is 4.55 Å². The van der Waals surface area contributed by atoms with Crippen LogP contribution in [0.3, 0.4) is 0 Å². The van der Waals surface area contributed by atoms with Crippen LogP contribution >= 0.6 is 0 Å². The molecule has 8 heteroatoms. The molecule has 0 aliphatic carbocycles. The van der Waals surface area contributed by atoms with Gasteiger partial charge in [0.25, 0.3) is 11.3 Å². The Labute approximate surface area is 140 Å². The summed E-state index contributed by atoms with van der Waals surface area (Å²) in [5.41, 5.74) is 1.46. The van der Waals surface area contributed by atoms with Crippen LogP contribution < -0.4 is 9.62 Å². The summed E-state index contributed by atoms with van der Waals surface area (Å²) < 4.78 is 49.3. The van der Waals surface area contributed by atoms with E-state index in [0.29, 0.717) is 16.8 Å². The fourth-order valence-corrected chi connectivity index (χ4v) is 2.66. The first kappa shape index (κ1) is 18.0. The van der Waals surface area contributed by atoms with E-state index in [-0.39, 0.29) is 18.0 Å². The molecule has 2 aromatic carbocycles. The summed E-state index contributed by atoms with van der Waals surface area (Å²) >= 11 is -2.29. The summed E-state index contributed by atoms with van der Waals surface area (Å²) in [7, 11) is 1.59. The third kappa shape index (κ3) is 4.36. The number of nitrogens with zero attached hydrogens (tertiary/aromatic N) is 1. The minimum absolute atomic E-state index is 0.142. The maximum atomic E-state index is 13.9. The first-order chi connectivity index (χ1) is 11.3. The van der Waals surface area contributed by atoms with Crippen LogP contribution in [0.4, 0.5) is 20.2 Å². The zero-order valence-electron chi connectivity index (χ0n) is 13.0. The van der Waals surface area contributed by atoms with Crippen molar-refractivity contribution in [2.24, 2.45) is 0 Å². The van der Waals surface area contributed by atoms with Crippen molar-refractivity contribution < 1.29 is 22.3 Å². The lowest BCUT2D eigenvalue weighted by Crippen LogP contribution is -2.19. The predicted molar refractivity (Wildman–Crippen MR) is 89.3 cm³/mol. The van der Waals surface area contributed by atoms with Crippen molar-refractivity contribution in [1.29, 1.82) is 0 Å². The number of Topliss-reactive ketones (excluding diaryl/α,β-unsaturated/α-hetero) is 1. The van der Waals surface area contributed by atoms with Crippen LogP contribution in [0, 0.1) is 11.6 Å². The van der Waals surface area contributed by atoms with Gasteiger partial charge in [-0.05, 0) is 42.8 Å². The van der Waals surface area contributed by atoms with Crippen molar-refractivity contribution in [2.75, 3.05) is 16.7 Å². The lowest BCUT2D eigenvalue weighted by Gasteiger charge is -2.22. The number of halogens is 2. The van der Waals surface area contributed by atoms with Crippen molar-refractivity contribution in [3.63, 3.8) is 0 Å². The second-order valence-corrected chi connectivity index (χ2v) is 5.93. The van der Waals surface area contributed by atoms with Gasteiger partial charge in [0.05, 0.1) is 11.4 Å². The Morgan fingerprint density at radius 2 is 1.96 bits per heavy atom. The van der Waals surface area contributed by atoms with Gasteiger partial charge in [-0.15, -0.1) is 0 Å². The molecule has 2 aromatic rings. The van der Waals surface area contributed by atoms with Crippen LogP contribution in [0.25, 0.3) is 0 Å². The molecule has 0 aromatic heterocycles. The molecule has 0 saturated carbocycles. The average Bonchev–Trinajstić information content (AvgIpc) is 2.48. The van der Waals surface area contributed by atoms with Gasteiger partial charge in [-0.2, -0.15) is 0 Å². The Bertz CT molecular complexity index is 799. The molecule has 0 saturated heterocycles. The van der Waals surface area contributed by atoms with Crippen molar-refractivity contribution >= 4 is 28.4 Å². The minimum Gasteiger partial charge on any atom is -0.368 e. The highest BCUT2D eigenvalue weighted by molar-refractivity contribution is 7.80. The lowest BCUT2D eigenvalue weighted by atomic mass is 10.1. The summed E-state index contributed by atoms with van der Waals surface area (Å²) in [6.45, 7) is 1.54. The third-order valence-electron chi connectivity index (χ3n) is 3.44. The van der Waals surface area contributed by atoms with E-state index < -0.39 is 22.9 Å². The Hall–Kier alpha value is -2.32. The monoisotopic (exact) mass is 354 g/mol. The first-order valence-corrected chi connectivity index (χ1v) is 8.06. The molecular weight excluding hydrogens is 338 g/mol. The molecule has 0 amide bonds. The fourth-order valence-electron chi connectivity index (χ4n) is 2.27. The normalized spacial score (nSPS) is 11.9. The van der Waals surface area contributed by atoms with Gasteiger partial charge in [-0.25, -0.2) is 13.0 Å². The van der Waals surface area contributed by atoms with Crippen molar-refractivity contribution in [1.82, 2.24) is 0 Å². The maximum absolute atomic E-state index is 13.9. The van der Waals surface area contributed by atoms with Crippen molar-refractivity contribution in [2.45, 2.75) is 13.5 Å². The van der Waals surface area contributed by atoms with Gasteiger partial charge < -0.3 is 4.90 Å². The van der Waals surface area contributed by atoms with Gasteiger partial charge in [0.1, 0.15) is 11.6 Å². The molecular formula is C16H16F2N2O3S. The largest absolute Gasteiger partial charge is 0.368 e.